The van der Waals surface area contributed by atoms with Gasteiger partial charge in [0.15, 0.2) is 0 Å². The molecule has 0 spiro atoms. The van der Waals surface area contributed by atoms with Gasteiger partial charge in [-0.25, -0.2) is 4.98 Å². The second kappa shape index (κ2) is 12.9. The Hall–Kier alpha value is -7.75. The van der Waals surface area contributed by atoms with E-state index >= 15 is 0 Å². The summed E-state index contributed by atoms with van der Waals surface area (Å²) in [5.41, 5.74) is 12.2. The minimum atomic E-state index is 0.901. The smallest absolute Gasteiger partial charge is 0.145 e. The van der Waals surface area contributed by atoms with Gasteiger partial charge in [0, 0.05) is 27.7 Å². The highest BCUT2D eigenvalue weighted by molar-refractivity contribution is 6.25. The van der Waals surface area contributed by atoms with Crippen molar-refractivity contribution in [1.29, 1.82) is 0 Å². The number of benzene rings is 10. The van der Waals surface area contributed by atoms with Gasteiger partial charge in [-0.15, -0.1) is 0 Å². The molecule has 3 heteroatoms. The van der Waals surface area contributed by atoms with Gasteiger partial charge >= 0.3 is 0 Å². The van der Waals surface area contributed by atoms with Crippen LogP contribution in [0.5, 0.6) is 0 Å². The number of hydrogen-bond donors (Lipinski definition) is 0. The minimum Gasteiger partial charge on any atom is -0.309 e. The number of nitrogens with zero attached hydrogens (tertiary/aromatic N) is 3. The molecule has 0 atom stereocenters. The van der Waals surface area contributed by atoms with Crippen LogP contribution in [-0.4, -0.2) is 14.1 Å². The molecule has 0 bridgehead atoms. The molecule has 12 aromatic rings. The first-order valence-electron chi connectivity index (χ1n) is 19.9. The third kappa shape index (κ3) is 5.04. The predicted molar refractivity (Wildman–Crippen MR) is 244 cm³/mol. The molecule has 58 heavy (non-hydrogen) atoms. The molecule has 0 aliphatic heterocycles. The van der Waals surface area contributed by atoms with Crippen LogP contribution in [0.2, 0.25) is 0 Å². The summed E-state index contributed by atoms with van der Waals surface area (Å²) >= 11 is 0. The molecule has 2 aromatic heterocycles. The highest BCUT2D eigenvalue weighted by Crippen LogP contribution is 2.41. The molecule has 0 saturated heterocycles. The lowest BCUT2D eigenvalue weighted by Gasteiger charge is -2.16. The summed E-state index contributed by atoms with van der Waals surface area (Å²) in [5, 5.41) is 10.0. The van der Waals surface area contributed by atoms with Crippen molar-refractivity contribution in [2.24, 2.45) is 0 Å². The molecular formula is C55H35N3. The van der Waals surface area contributed by atoms with Gasteiger partial charge in [-0.3, -0.25) is 4.57 Å². The number of aromatic nitrogens is 3. The molecule has 12 rings (SSSR count). The number of hydrogen-bond acceptors (Lipinski definition) is 1. The fraction of sp³-hybridized carbons (Fsp3) is 0. The van der Waals surface area contributed by atoms with E-state index in [0.717, 1.165) is 50.4 Å². The molecule has 0 fully saturated rings. The molecule has 0 N–H and O–H groups in total. The zero-order valence-electron chi connectivity index (χ0n) is 31.5. The molecule has 270 valence electrons. The van der Waals surface area contributed by atoms with Gasteiger partial charge in [-0.1, -0.05) is 152 Å². The fourth-order valence-electron chi connectivity index (χ4n) is 9.24. The van der Waals surface area contributed by atoms with E-state index in [-0.39, 0.29) is 0 Å². The van der Waals surface area contributed by atoms with Crippen molar-refractivity contribution in [2.75, 3.05) is 0 Å². The summed E-state index contributed by atoms with van der Waals surface area (Å²) in [6.07, 6.45) is 0. The topological polar surface area (TPSA) is 22.8 Å². The lowest BCUT2D eigenvalue weighted by Crippen LogP contribution is -2.00. The SMILES string of the molecule is c1ccc(-c2ccc3c4ccccc4n(-c4cc(-c5ccc6c7ccccc7c7ccccc7c6c5)cc(-c5nc6ccccc6n5-c5ccccc5)c4)c3c2)cc1. The fourth-order valence-corrected chi connectivity index (χ4v) is 9.24. The predicted octanol–water partition coefficient (Wildman–Crippen LogP) is 14.6. The van der Waals surface area contributed by atoms with E-state index in [9.17, 15) is 0 Å². The highest BCUT2D eigenvalue weighted by atomic mass is 15.1. The molecule has 0 saturated carbocycles. The van der Waals surface area contributed by atoms with Crippen molar-refractivity contribution in [3.8, 4) is 45.0 Å². The third-order valence-electron chi connectivity index (χ3n) is 11.9. The van der Waals surface area contributed by atoms with E-state index < -0.39 is 0 Å². The van der Waals surface area contributed by atoms with E-state index in [1.807, 2.05) is 0 Å². The number of fused-ring (bicyclic) bond motifs is 10. The Morgan fingerprint density at radius 3 is 1.50 bits per heavy atom. The van der Waals surface area contributed by atoms with Crippen molar-refractivity contribution in [2.45, 2.75) is 0 Å². The van der Waals surface area contributed by atoms with Crippen LogP contribution in [-0.2, 0) is 0 Å². The molecule has 0 radical (unpaired) electrons. The Morgan fingerprint density at radius 1 is 0.259 bits per heavy atom. The zero-order chi connectivity index (χ0) is 38.2. The van der Waals surface area contributed by atoms with E-state index in [1.54, 1.807) is 0 Å². The van der Waals surface area contributed by atoms with Gasteiger partial charge in [-0.05, 0) is 115 Å². The molecule has 2 heterocycles. The third-order valence-corrected chi connectivity index (χ3v) is 11.9. The normalized spacial score (nSPS) is 11.8. The molecule has 0 aliphatic carbocycles. The molecule has 0 amide bonds. The van der Waals surface area contributed by atoms with Gasteiger partial charge in [0.2, 0.25) is 0 Å². The number of para-hydroxylation sites is 4. The standard InChI is InChI=1S/C55H35N3/c1-3-15-36(16-4-1)38-28-30-49-48-23-11-13-25-52(48)57(54(49)35-38)42-32-39(31-40(33-42)55-56-51-24-12-14-26-53(51)58(55)41-17-5-2-6-18-41)37-27-29-47-45-21-8-7-19-43(45)44-20-9-10-22-46(44)50(47)34-37/h1-35H. The van der Waals surface area contributed by atoms with E-state index in [1.165, 1.54) is 59.7 Å². The number of imidazole rings is 1. The van der Waals surface area contributed by atoms with Crippen LogP contribution in [0.3, 0.4) is 0 Å². The van der Waals surface area contributed by atoms with Crippen molar-refractivity contribution in [1.82, 2.24) is 14.1 Å². The van der Waals surface area contributed by atoms with E-state index in [4.69, 9.17) is 4.98 Å². The monoisotopic (exact) mass is 737 g/mol. The van der Waals surface area contributed by atoms with Crippen LogP contribution in [0.1, 0.15) is 0 Å². The summed E-state index contributed by atoms with van der Waals surface area (Å²) in [4.78, 5) is 5.37. The Kier molecular flexibility index (Phi) is 7.23. The zero-order valence-corrected chi connectivity index (χ0v) is 31.5. The van der Waals surface area contributed by atoms with Crippen LogP contribution in [0.15, 0.2) is 212 Å². The van der Waals surface area contributed by atoms with Crippen molar-refractivity contribution >= 4 is 65.2 Å². The lowest BCUT2D eigenvalue weighted by molar-refractivity contribution is 1.10. The quantitative estimate of drug-likeness (QED) is 0.161. The maximum absolute atomic E-state index is 5.37. The van der Waals surface area contributed by atoms with Gasteiger partial charge in [0.05, 0.1) is 22.1 Å². The Morgan fingerprint density at radius 2 is 0.776 bits per heavy atom. The average molecular weight is 738 g/mol. The molecule has 0 aliphatic rings. The lowest BCUT2D eigenvalue weighted by atomic mass is 9.91. The second-order valence-corrected chi connectivity index (χ2v) is 15.2. The van der Waals surface area contributed by atoms with Crippen molar-refractivity contribution < 1.29 is 0 Å². The second-order valence-electron chi connectivity index (χ2n) is 15.2. The molecule has 3 nitrogen and oxygen atoms in total. The average Bonchev–Trinajstić information content (AvgIpc) is 3.86. The molecule has 10 aromatic carbocycles. The van der Waals surface area contributed by atoms with Crippen LogP contribution in [0.25, 0.3) is 110 Å². The minimum absolute atomic E-state index is 0.901. The Labute approximate surface area is 335 Å². The number of rotatable bonds is 5. The molecular weight excluding hydrogens is 703 g/mol. The van der Waals surface area contributed by atoms with Crippen LogP contribution >= 0.6 is 0 Å². The first-order chi connectivity index (χ1) is 28.8. The summed E-state index contributed by atoms with van der Waals surface area (Å²) < 4.78 is 4.75. The Bertz CT molecular complexity index is 3520. The van der Waals surface area contributed by atoms with Gasteiger partial charge < -0.3 is 4.57 Å². The maximum atomic E-state index is 5.37. The first-order valence-corrected chi connectivity index (χ1v) is 19.9. The first kappa shape index (κ1) is 32.5. The van der Waals surface area contributed by atoms with Crippen molar-refractivity contribution in [3.05, 3.63) is 212 Å². The van der Waals surface area contributed by atoms with Crippen LogP contribution in [0.4, 0.5) is 0 Å². The summed E-state index contributed by atoms with van der Waals surface area (Å²) in [6, 6.07) is 77.0. The van der Waals surface area contributed by atoms with E-state index in [2.05, 4.69) is 221 Å². The van der Waals surface area contributed by atoms with Gasteiger partial charge in [0.25, 0.3) is 0 Å². The van der Waals surface area contributed by atoms with Crippen LogP contribution in [0, 0.1) is 0 Å². The maximum Gasteiger partial charge on any atom is 0.145 e. The van der Waals surface area contributed by atoms with Crippen LogP contribution < -0.4 is 0 Å². The largest absolute Gasteiger partial charge is 0.309 e. The molecule has 0 unspecified atom stereocenters. The van der Waals surface area contributed by atoms with Gasteiger partial charge in [-0.2, -0.15) is 0 Å². The highest BCUT2D eigenvalue weighted by Gasteiger charge is 2.20. The van der Waals surface area contributed by atoms with Gasteiger partial charge in [0.1, 0.15) is 5.82 Å². The van der Waals surface area contributed by atoms with E-state index in [0.29, 0.717) is 0 Å². The summed E-state index contributed by atoms with van der Waals surface area (Å²) in [6.45, 7) is 0. The summed E-state index contributed by atoms with van der Waals surface area (Å²) in [7, 11) is 0. The Balaban J connectivity index is 1.18. The van der Waals surface area contributed by atoms with Crippen molar-refractivity contribution in [3.63, 3.8) is 0 Å². The summed E-state index contributed by atoms with van der Waals surface area (Å²) in [5.74, 6) is 0.901.